The van der Waals surface area contributed by atoms with E-state index in [1.807, 2.05) is 13.8 Å². The number of amides is 2. The average Bonchev–Trinajstić information content (AvgIpc) is 3.24. The molecule has 0 atom stereocenters. The van der Waals surface area contributed by atoms with E-state index in [0.717, 1.165) is 0 Å². The molecule has 228 valence electrons. The molecule has 1 aliphatic heterocycles. The maximum absolute atomic E-state index is 14.0. The minimum absolute atomic E-state index is 0.119. The number of benzene rings is 2. The third kappa shape index (κ3) is 5.40. The first-order chi connectivity index (χ1) is 20.5. The second-order valence-electron chi connectivity index (χ2n) is 11.1. The second kappa shape index (κ2) is 11.8. The molecule has 0 aliphatic carbocycles. The molecular weight excluding hydrogens is 574 g/mol. The molecule has 0 saturated carbocycles. The molecule has 2 amide bonds. The van der Waals surface area contributed by atoms with Crippen molar-refractivity contribution in [1.29, 1.82) is 0 Å². The molecule has 1 fully saturated rings. The van der Waals surface area contributed by atoms with Crippen molar-refractivity contribution in [2.24, 2.45) is 7.05 Å². The van der Waals surface area contributed by atoms with Crippen LogP contribution in [0.3, 0.4) is 0 Å². The number of nitrogens with one attached hydrogen (secondary N) is 1. The molecular formula is C30H36ClN7O5. The highest BCUT2D eigenvalue weighted by molar-refractivity contribution is 6.31. The molecule has 0 unspecified atom stereocenters. The molecule has 12 nitrogen and oxygen atoms in total. The summed E-state index contributed by atoms with van der Waals surface area (Å²) in [6, 6.07) is 7.85. The lowest BCUT2D eigenvalue weighted by atomic mass is 10.0. The third-order valence-electron chi connectivity index (χ3n) is 8.13. The van der Waals surface area contributed by atoms with Gasteiger partial charge < -0.3 is 15.1 Å². The molecule has 13 heteroatoms. The number of likely N-dealkylation sites (N-methyl/N-ethyl adjacent to an activating group) is 1. The van der Waals surface area contributed by atoms with E-state index in [2.05, 4.69) is 5.32 Å². The monoisotopic (exact) mass is 609 g/mol. The average molecular weight is 610 g/mol. The van der Waals surface area contributed by atoms with Crippen LogP contribution in [-0.2, 0) is 24.9 Å². The van der Waals surface area contributed by atoms with Crippen molar-refractivity contribution >= 4 is 51.0 Å². The summed E-state index contributed by atoms with van der Waals surface area (Å²) in [5, 5.41) is 3.64. The summed E-state index contributed by atoms with van der Waals surface area (Å²) in [4.78, 5) is 69.8. The van der Waals surface area contributed by atoms with Crippen LogP contribution in [0.25, 0.3) is 21.9 Å². The van der Waals surface area contributed by atoms with Gasteiger partial charge in [0.15, 0.2) is 0 Å². The number of halogens is 1. The van der Waals surface area contributed by atoms with Crippen LogP contribution in [0.2, 0.25) is 5.02 Å². The lowest BCUT2D eigenvalue weighted by Crippen LogP contribution is -2.46. The van der Waals surface area contributed by atoms with Crippen LogP contribution in [0.1, 0.15) is 43.1 Å². The van der Waals surface area contributed by atoms with E-state index in [1.54, 1.807) is 70.4 Å². The van der Waals surface area contributed by atoms with Gasteiger partial charge in [-0.05, 0) is 71.1 Å². The van der Waals surface area contributed by atoms with Crippen molar-refractivity contribution in [2.45, 2.75) is 45.8 Å². The van der Waals surface area contributed by atoms with Gasteiger partial charge in [-0.25, -0.2) is 9.59 Å². The van der Waals surface area contributed by atoms with E-state index in [-0.39, 0.29) is 29.6 Å². The number of anilines is 1. The third-order valence-corrected chi connectivity index (χ3v) is 8.37. The summed E-state index contributed by atoms with van der Waals surface area (Å²) < 4.78 is 5.95. The van der Waals surface area contributed by atoms with Crippen molar-refractivity contribution in [3.05, 3.63) is 72.2 Å². The summed E-state index contributed by atoms with van der Waals surface area (Å²) in [6.07, 6.45) is 0.785. The van der Waals surface area contributed by atoms with Gasteiger partial charge in [0.2, 0.25) is 5.91 Å². The Morgan fingerprint density at radius 1 is 0.930 bits per heavy atom. The maximum Gasteiger partial charge on any atom is 0.331 e. The molecule has 0 bridgehead atoms. The summed E-state index contributed by atoms with van der Waals surface area (Å²) in [5.74, 6) is -0.588. The van der Waals surface area contributed by atoms with Crippen molar-refractivity contribution < 1.29 is 9.59 Å². The van der Waals surface area contributed by atoms with Crippen molar-refractivity contribution in [3.8, 4) is 0 Å². The van der Waals surface area contributed by atoms with Gasteiger partial charge in [0.1, 0.15) is 0 Å². The number of imidazole rings is 1. The van der Waals surface area contributed by atoms with Crippen LogP contribution in [0.15, 0.2) is 44.7 Å². The number of piperidine rings is 1. The lowest BCUT2D eigenvalue weighted by Gasteiger charge is -2.33. The summed E-state index contributed by atoms with van der Waals surface area (Å²) in [5.41, 5.74) is 1.36. The Kier molecular flexibility index (Phi) is 8.35. The molecule has 4 aromatic rings. The molecule has 0 spiro atoms. The van der Waals surface area contributed by atoms with Gasteiger partial charge in [0.25, 0.3) is 11.5 Å². The molecule has 43 heavy (non-hydrogen) atoms. The predicted molar refractivity (Wildman–Crippen MR) is 167 cm³/mol. The van der Waals surface area contributed by atoms with Gasteiger partial charge in [-0.3, -0.25) is 32.7 Å². The van der Waals surface area contributed by atoms with Crippen molar-refractivity contribution in [2.75, 3.05) is 39.0 Å². The molecule has 0 radical (unpaired) electrons. The second-order valence-corrected chi connectivity index (χ2v) is 11.6. The largest absolute Gasteiger partial charge is 0.338 e. The van der Waals surface area contributed by atoms with E-state index in [4.69, 9.17) is 11.6 Å². The van der Waals surface area contributed by atoms with Gasteiger partial charge in [-0.15, -0.1) is 0 Å². The Morgan fingerprint density at radius 3 is 2.16 bits per heavy atom. The minimum Gasteiger partial charge on any atom is -0.338 e. The van der Waals surface area contributed by atoms with Gasteiger partial charge in [-0.1, -0.05) is 11.6 Å². The standard InChI is InChI=1S/C30H36ClN7O5/c1-6-36-24-15-20(22(32-26(39)17-33(3)4)16-25(24)37(7-2)30(36)43)27(40)35-12-10-19(11-13-35)38-28(41)21-14-18(31)8-9-23(21)34(5)29(38)42/h8-9,14-16,19H,6-7,10-13,17H2,1-5H3,(H,32,39). The van der Waals surface area contributed by atoms with Crippen LogP contribution in [-0.4, -0.2) is 73.6 Å². The highest BCUT2D eigenvalue weighted by Gasteiger charge is 2.30. The Labute approximate surface area is 252 Å². The Balaban J connectivity index is 1.49. The number of nitrogens with zero attached hydrogens (tertiary/aromatic N) is 6. The van der Waals surface area contributed by atoms with E-state index in [1.165, 1.54) is 9.13 Å². The number of likely N-dealkylation sites (tertiary alicyclic amines) is 1. The highest BCUT2D eigenvalue weighted by atomic mass is 35.5. The first-order valence-corrected chi connectivity index (χ1v) is 14.8. The zero-order valence-corrected chi connectivity index (χ0v) is 25.8. The van der Waals surface area contributed by atoms with Crippen LogP contribution >= 0.6 is 11.6 Å². The fourth-order valence-electron chi connectivity index (χ4n) is 6.00. The van der Waals surface area contributed by atoms with Gasteiger partial charge >= 0.3 is 11.4 Å². The fraction of sp³-hybridized carbons (Fsp3) is 0.433. The van der Waals surface area contributed by atoms with E-state index < -0.39 is 17.3 Å². The van der Waals surface area contributed by atoms with Gasteiger partial charge in [0, 0.05) is 44.3 Å². The van der Waals surface area contributed by atoms with Crippen LogP contribution in [0, 0.1) is 0 Å². The Bertz CT molecular complexity index is 1930. The highest BCUT2D eigenvalue weighted by Crippen LogP contribution is 2.28. The van der Waals surface area contributed by atoms with E-state index in [9.17, 15) is 24.0 Å². The van der Waals surface area contributed by atoms with Crippen LogP contribution < -0.4 is 22.3 Å². The number of carbonyl (C=O) groups is 2. The number of carbonyl (C=O) groups excluding carboxylic acids is 2. The summed E-state index contributed by atoms with van der Waals surface area (Å²) in [6.45, 7) is 5.32. The van der Waals surface area contributed by atoms with E-state index >= 15 is 0 Å². The van der Waals surface area contributed by atoms with Gasteiger partial charge in [0.05, 0.1) is 39.7 Å². The SMILES string of the molecule is CCn1c(=O)n(CC)c2cc(C(=O)N3CCC(n4c(=O)c5cc(Cl)ccc5n(C)c4=O)CC3)c(NC(=O)CN(C)C)cc21. The zero-order chi connectivity index (χ0) is 31.2. The normalized spacial score (nSPS) is 14.3. The number of aromatic nitrogens is 4. The predicted octanol–water partition coefficient (Wildman–Crippen LogP) is 2.49. The summed E-state index contributed by atoms with van der Waals surface area (Å²) >= 11 is 6.15. The maximum atomic E-state index is 14.0. The zero-order valence-electron chi connectivity index (χ0n) is 25.0. The molecule has 2 aromatic carbocycles. The number of aryl methyl sites for hydroxylation is 3. The van der Waals surface area contributed by atoms with Crippen molar-refractivity contribution in [1.82, 2.24) is 28.1 Å². The number of hydrogen-bond acceptors (Lipinski definition) is 6. The van der Waals surface area contributed by atoms with Gasteiger partial charge in [-0.2, -0.15) is 0 Å². The van der Waals surface area contributed by atoms with E-state index in [0.29, 0.717) is 71.7 Å². The fourth-order valence-corrected chi connectivity index (χ4v) is 6.17. The van der Waals surface area contributed by atoms with Crippen molar-refractivity contribution in [3.63, 3.8) is 0 Å². The first-order valence-electron chi connectivity index (χ1n) is 14.4. The molecule has 5 rings (SSSR count). The smallest absolute Gasteiger partial charge is 0.331 e. The first kappa shape index (κ1) is 30.3. The number of hydrogen-bond donors (Lipinski definition) is 1. The van der Waals surface area contributed by atoms with Crippen LogP contribution in [0.5, 0.6) is 0 Å². The molecule has 3 heterocycles. The van der Waals surface area contributed by atoms with Crippen LogP contribution in [0.4, 0.5) is 5.69 Å². The Hall–Kier alpha value is -4.16. The molecule has 2 aromatic heterocycles. The Morgan fingerprint density at radius 2 is 1.56 bits per heavy atom. The molecule has 1 aliphatic rings. The topological polar surface area (TPSA) is 124 Å². The summed E-state index contributed by atoms with van der Waals surface area (Å²) in [7, 11) is 5.17. The molecule has 1 N–H and O–H groups in total. The minimum atomic E-state index is -0.418. The number of fused-ring (bicyclic) bond motifs is 2. The lowest BCUT2D eigenvalue weighted by molar-refractivity contribution is -0.116. The molecule has 1 saturated heterocycles. The number of rotatable bonds is 7. The quantitative estimate of drug-likeness (QED) is 0.343.